The van der Waals surface area contributed by atoms with Gasteiger partial charge in [0.2, 0.25) is 0 Å². The Morgan fingerprint density at radius 1 is 0.455 bits per heavy atom. The molecule has 0 aliphatic carbocycles. The standard InChI is InChI=1S/C19H32O14/c20-4-6-30-18(24)32-14-10-26-8-12-28-16(22)2-1-3-17(23)29-13-9-27-11-15-33-19(25)31-7-5-21/h20-21H,1-15H2. The second-order valence-corrected chi connectivity index (χ2v) is 5.86. The van der Waals surface area contributed by atoms with E-state index in [2.05, 4.69) is 18.9 Å². The molecule has 192 valence electrons. The van der Waals surface area contributed by atoms with Gasteiger partial charge in [0.1, 0.15) is 39.6 Å². The Balaban J connectivity index is 3.43. The van der Waals surface area contributed by atoms with Gasteiger partial charge in [0.05, 0.1) is 39.6 Å². The van der Waals surface area contributed by atoms with E-state index in [9.17, 15) is 19.2 Å². The molecule has 0 aromatic heterocycles. The highest BCUT2D eigenvalue weighted by Gasteiger charge is 2.08. The number of hydrogen-bond acceptors (Lipinski definition) is 14. The first kappa shape index (κ1) is 30.3. The average Bonchev–Trinajstić information content (AvgIpc) is 2.80. The third-order valence-electron chi connectivity index (χ3n) is 3.26. The number of ether oxygens (including phenoxy) is 8. The van der Waals surface area contributed by atoms with Gasteiger partial charge in [-0.1, -0.05) is 0 Å². The molecular formula is C19H32O14. The fourth-order valence-corrected chi connectivity index (χ4v) is 1.86. The maximum Gasteiger partial charge on any atom is 0.508 e. The molecule has 0 saturated heterocycles. The van der Waals surface area contributed by atoms with Gasteiger partial charge in [-0.15, -0.1) is 0 Å². The Morgan fingerprint density at radius 2 is 0.788 bits per heavy atom. The van der Waals surface area contributed by atoms with E-state index in [-0.39, 0.29) is 98.5 Å². The van der Waals surface area contributed by atoms with E-state index in [0.29, 0.717) is 0 Å². The molecular weight excluding hydrogens is 452 g/mol. The van der Waals surface area contributed by atoms with E-state index in [0.717, 1.165) is 0 Å². The fourth-order valence-electron chi connectivity index (χ4n) is 1.86. The summed E-state index contributed by atoms with van der Waals surface area (Å²) in [4.78, 5) is 45.0. The summed E-state index contributed by atoms with van der Waals surface area (Å²) in [6, 6.07) is 0. The molecule has 0 aromatic carbocycles. The number of esters is 2. The maximum atomic E-state index is 11.6. The smallest absolute Gasteiger partial charge is 0.463 e. The number of hydrogen-bond donors (Lipinski definition) is 2. The molecule has 0 amide bonds. The van der Waals surface area contributed by atoms with Gasteiger partial charge < -0.3 is 48.1 Å². The van der Waals surface area contributed by atoms with Crippen LogP contribution in [0.2, 0.25) is 0 Å². The molecule has 0 aliphatic rings. The van der Waals surface area contributed by atoms with Crippen molar-refractivity contribution in [3.8, 4) is 0 Å². The van der Waals surface area contributed by atoms with E-state index < -0.39 is 24.2 Å². The maximum absolute atomic E-state index is 11.6. The zero-order valence-corrected chi connectivity index (χ0v) is 18.4. The molecule has 0 heterocycles. The monoisotopic (exact) mass is 484 g/mol. The highest BCUT2D eigenvalue weighted by Crippen LogP contribution is 2.00. The second-order valence-electron chi connectivity index (χ2n) is 5.86. The molecule has 33 heavy (non-hydrogen) atoms. The average molecular weight is 484 g/mol. The largest absolute Gasteiger partial charge is 0.508 e. The second kappa shape index (κ2) is 22.5. The van der Waals surface area contributed by atoms with Crippen LogP contribution in [0.1, 0.15) is 19.3 Å². The van der Waals surface area contributed by atoms with Gasteiger partial charge in [-0.2, -0.15) is 0 Å². The third kappa shape index (κ3) is 22.3. The lowest BCUT2D eigenvalue weighted by molar-refractivity contribution is -0.147. The molecule has 0 spiro atoms. The Kier molecular flexibility index (Phi) is 20.7. The summed E-state index contributed by atoms with van der Waals surface area (Å²) in [6.07, 6.45) is -1.49. The van der Waals surface area contributed by atoms with Crippen LogP contribution < -0.4 is 0 Å². The predicted octanol–water partition coefficient (Wildman–Crippen LogP) is -0.433. The molecule has 14 heteroatoms. The highest BCUT2D eigenvalue weighted by molar-refractivity contribution is 5.72. The van der Waals surface area contributed by atoms with Gasteiger partial charge in [-0.3, -0.25) is 9.59 Å². The summed E-state index contributed by atoms with van der Waals surface area (Å²) >= 11 is 0. The summed E-state index contributed by atoms with van der Waals surface area (Å²) in [5, 5.41) is 16.9. The minimum Gasteiger partial charge on any atom is -0.463 e. The predicted molar refractivity (Wildman–Crippen MR) is 106 cm³/mol. The Morgan fingerprint density at radius 3 is 1.15 bits per heavy atom. The Labute approximate surface area is 190 Å². The molecule has 14 nitrogen and oxygen atoms in total. The summed E-state index contributed by atoms with van der Waals surface area (Å²) in [5.41, 5.74) is 0. The lowest BCUT2D eigenvalue weighted by Gasteiger charge is -2.08. The Bertz CT molecular complexity index is 493. The first-order valence-electron chi connectivity index (χ1n) is 10.3. The first-order valence-corrected chi connectivity index (χ1v) is 10.3. The van der Waals surface area contributed by atoms with Crippen LogP contribution in [0.15, 0.2) is 0 Å². The van der Waals surface area contributed by atoms with Crippen molar-refractivity contribution in [2.75, 3.05) is 79.3 Å². The van der Waals surface area contributed by atoms with Crippen LogP contribution in [0.4, 0.5) is 9.59 Å². The van der Waals surface area contributed by atoms with Crippen LogP contribution in [-0.4, -0.2) is 114 Å². The summed E-state index contributed by atoms with van der Waals surface area (Å²) in [6.45, 7) is -0.544. The van der Waals surface area contributed by atoms with Crippen molar-refractivity contribution in [1.82, 2.24) is 0 Å². The van der Waals surface area contributed by atoms with E-state index in [4.69, 9.17) is 29.2 Å². The van der Waals surface area contributed by atoms with Crippen molar-refractivity contribution in [2.24, 2.45) is 0 Å². The van der Waals surface area contributed by atoms with Gasteiger partial charge in [-0.05, 0) is 6.42 Å². The molecule has 0 atom stereocenters. The topological polar surface area (TPSA) is 183 Å². The van der Waals surface area contributed by atoms with Crippen LogP contribution >= 0.6 is 0 Å². The Hall–Kier alpha value is -2.68. The van der Waals surface area contributed by atoms with Gasteiger partial charge in [0, 0.05) is 12.8 Å². The SMILES string of the molecule is O=C(CCCC(=O)OCCOCCOC(=O)OCCO)OCCOCCOC(=O)OCCO. The van der Waals surface area contributed by atoms with Crippen molar-refractivity contribution in [3.05, 3.63) is 0 Å². The van der Waals surface area contributed by atoms with Crippen molar-refractivity contribution in [3.63, 3.8) is 0 Å². The van der Waals surface area contributed by atoms with Crippen LogP contribution in [0.3, 0.4) is 0 Å². The molecule has 0 saturated carbocycles. The lowest BCUT2D eigenvalue weighted by Crippen LogP contribution is -2.16. The number of carbonyl (C=O) groups is 4. The highest BCUT2D eigenvalue weighted by atomic mass is 16.7. The molecule has 0 bridgehead atoms. The summed E-state index contributed by atoms with van der Waals surface area (Å²) in [5.74, 6) is -0.979. The van der Waals surface area contributed by atoms with Crippen molar-refractivity contribution < 1.29 is 67.3 Å². The lowest BCUT2D eigenvalue weighted by atomic mass is 10.2. The van der Waals surface area contributed by atoms with Crippen molar-refractivity contribution in [1.29, 1.82) is 0 Å². The molecule has 0 rings (SSSR count). The van der Waals surface area contributed by atoms with Crippen molar-refractivity contribution >= 4 is 24.2 Å². The van der Waals surface area contributed by atoms with Crippen LogP contribution in [0.5, 0.6) is 0 Å². The molecule has 0 aromatic rings. The molecule has 0 fully saturated rings. The molecule has 2 N–H and O–H groups in total. The molecule has 0 unspecified atom stereocenters. The summed E-state index contributed by atoms with van der Waals surface area (Å²) < 4.78 is 38.3. The number of aliphatic hydroxyl groups excluding tert-OH is 2. The zero-order valence-electron chi connectivity index (χ0n) is 18.4. The van der Waals surface area contributed by atoms with E-state index in [1.54, 1.807) is 0 Å². The van der Waals surface area contributed by atoms with Gasteiger partial charge in [0.15, 0.2) is 0 Å². The van der Waals surface area contributed by atoms with Gasteiger partial charge in [-0.25, -0.2) is 9.59 Å². The zero-order chi connectivity index (χ0) is 24.6. The summed E-state index contributed by atoms with van der Waals surface area (Å²) in [7, 11) is 0. The number of rotatable bonds is 20. The van der Waals surface area contributed by atoms with Crippen LogP contribution in [-0.2, 0) is 47.5 Å². The minimum absolute atomic E-state index is 0.0123. The quantitative estimate of drug-likeness (QED) is 0.129. The fraction of sp³-hybridized carbons (Fsp3) is 0.789. The number of aliphatic hydroxyl groups is 2. The van der Waals surface area contributed by atoms with E-state index in [1.165, 1.54) is 0 Å². The van der Waals surface area contributed by atoms with Crippen molar-refractivity contribution in [2.45, 2.75) is 19.3 Å². The molecule has 0 aliphatic heterocycles. The van der Waals surface area contributed by atoms with Crippen LogP contribution in [0, 0.1) is 0 Å². The van der Waals surface area contributed by atoms with E-state index >= 15 is 0 Å². The van der Waals surface area contributed by atoms with Crippen LogP contribution in [0.25, 0.3) is 0 Å². The van der Waals surface area contributed by atoms with Gasteiger partial charge in [0.25, 0.3) is 0 Å². The molecule has 0 radical (unpaired) electrons. The number of carbonyl (C=O) groups excluding carboxylic acids is 4. The van der Waals surface area contributed by atoms with E-state index in [1.807, 2.05) is 0 Å². The van der Waals surface area contributed by atoms with Gasteiger partial charge >= 0.3 is 24.2 Å². The third-order valence-corrected chi connectivity index (χ3v) is 3.26. The minimum atomic E-state index is -0.908. The first-order chi connectivity index (χ1) is 16.0. The normalized spacial score (nSPS) is 10.2.